The number of benzene rings is 2. The van der Waals surface area contributed by atoms with Crippen LogP contribution in [0.15, 0.2) is 54.9 Å². The minimum absolute atomic E-state index is 0.0361. The van der Waals surface area contributed by atoms with Crippen molar-refractivity contribution in [3.05, 3.63) is 66.0 Å². The highest BCUT2D eigenvalue weighted by Crippen LogP contribution is 2.18. The number of fused-ring (bicyclic) bond motifs is 1. The first kappa shape index (κ1) is 18.9. The van der Waals surface area contributed by atoms with Gasteiger partial charge in [0.15, 0.2) is 0 Å². The molecule has 2 heterocycles. The van der Waals surface area contributed by atoms with Gasteiger partial charge in [-0.05, 0) is 29.8 Å². The van der Waals surface area contributed by atoms with Crippen molar-refractivity contribution >= 4 is 28.6 Å². The molecule has 1 amide bonds. The minimum atomic E-state index is -0.426. The molecular weight excluding hydrogens is 368 g/mol. The SMILES string of the molecule is CCOC(=O)c1cnc(N2CCN(C(=O)c3ccc4ccccc4c3)CC2)nc1. The van der Waals surface area contributed by atoms with Gasteiger partial charge in [0, 0.05) is 44.1 Å². The molecule has 1 aromatic heterocycles. The number of anilines is 1. The standard InChI is InChI=1S/C22H22N4O3/c1-2-29-21(28)19-14-23-22(24-15-19)26-11-9-25(10-12-26)20(27)18-8-7-16-5-3-4-6-17(16)13-18/h3-8,13-15H,2,9-12H2,1H3. The van der Waals surface area contributed by atoms with E-state index < -0.39 is 5.97 Å². The average molecular weight is 390 g/mol. The molecule has 1 saturated heterocycles. The molecule has 0 bridgehead atoms. The monoisotopic (exact) mass is 390 g/mol. The topological polar surface area (TPSA) is 75.6 Å². The highest BCUT2D eigenvalue weighted by atomic mass is 16.5. The summed E-state index contributed by atoms with van der Waals surface area (Å²) in [4.78, 5) is 37.0. The van der Waals surface area contributed by atoms with E-state index in [1.165, 1.54) is 12.4 Å². The molecule has 29 heavy (non-hydrogen) atoms. The maximum atomic E-state index is 12.9. The summed E-state index contributed by atoms with van der Waals surface area (Å²) in [5.74, 6) is 0.162. The van der Waals surface area contributed by atoms with Gasteiger partial charge in [0.1, 0.15) is 0 Å². The number of hydrogen-bond donors (Lipinski definition) is 0. The van der Waals surface area contributed by atoms with Crippen molar-refractivity contribution in [2.75, 3.05) is 37.7 Å². The molecule has 0 atom stereocenters. The van der Waals surface area contributed by atoms with Crippen LogP contribution in [0.3, 0.4) is 0 Å². The Hall–Kier alpha value is -3.48. The Morgan fingerprint density at radius 2 is 1.62 bits per heavy atom. The van der Waals surface area contributed by atoms with E-state index in [9.17, 15) is 9.59 Å². The molecule has 7 nitrogen and oxygen atoms in total. The summed E-state index contributed by atoms with van der Waals surface area (Å²) in [6.45, 7) is 4.53. The number of esters is 1. The molecule has 7 heteroatoms. The Balaban J connectivity index is 1.39. The number of piperazine rings is 1. The molecule has 0 unspecified atom stereocenters. The molecule has 1 aliphatic rings. The average Bonchev–Trinajstić information content (AvgIpc) is 2.78. The third kappa shape index (κ3) is 4.03. The summed E-state index contributed by atoms with van der Waals surface area (Å²) in [5.41, 5.74) is 1.04. The Bertz CT molecular complexity index is 1030. The van der Waals surface area contributed by atoms with E-state index in [0.29, 0.717) is 49.9 Å². The molecule has 0 aliphatic carbocycles. The Morgan fingerprint density at radius 1 is 0.931 bits per heavy atom. The third-order valence-corrected chi connectivity index (χ3v) is 5.00. The van der Waals surface area contributed by atoms with Crippen molar-refractivity contribution in [2.24, 2.45) is 0 Å². The smallest absolute Gasteiger partial charge is 0.341 e. The van der Waals surface area contributed by atoms with Crippen LogP contribution >= 0.6 is 0 Å². The van der Waals surface area contributed by atoms with Crippen LogP contribution in [0.2, 0.25) is 0 Å². The summed E-state index contributed by atoms with van der Waals surface area (Å²) in [6.07, 6.45) is 2.96. The number of aromatic nitrogens is 2. The molecule has 3 aromatic rings. The quantitative estimate of drug-likeness (QED) is 0.638. The van der Waals surface area contributed by atoms with Gasteiger partial charge >= 0.3 is 5.97 Å². The van der Waals surface area contributed by atoms with Crippen molar-refractivity contribution in [1.82, 2.24) is 14.9 Å². The van der Waals surface area contributed by atoms with Crippen LogP contribution in [0.25, 0.3) is 10.8 Å². The maximum Gasteiger partial charge on any atom is 0.341 e. The largest absolute Gasteiger partial charge is 0.462 e. The maximum absolute atomic E-state index is 12.9. The predicted octanol–water partition coefficient (Wildman–Crippen LogP) is 2.77. The van der Waals surface area contributed by atoms with Crippen LogP contribution in [-0.2, 0) is 4.74 Å². The van der Waals surface area contributed by atoms with E-state index in [1.807, 2.05) is 52.3 Å². The molecular formula is C22H22N4O3. The summed E-state index contributed by atoms with van der Waals surface area (Å²) in [7, 11) is 0. The fourth-order valence-electron chi connectivity index (χ4n) is 3.42. The Morgan fingerprint density at radius 3 is 2.31 bits per heavy atom. The van der Waals surface area contributed by atoms with Crippen molar-refractivity contribution in [3.8, 4) is 0 Å². The predicted molar refractivity (Wildman–Crippen MR) is 110 cm³/mol. The lowest BCUT2D eigenvalue weighted by Crippen LogP contribution is -2.49. The number of hydrogen-bond acceptors (Lipinski definition) is 6. The number of ether oxygens (including phenoxy) is 1. The van der Waals surface area contributed by atoms with Crippen LogP contribution in [0.4, 0.5) is 5.95 Å². The molecule has 148 valence electrons. The number of nitrogens with zero attached hydrogens (tertiary/aromatic N) is 4. The molecule has 1 aliphatic heterocycles. The highest BCUT2D eigenvalue weighted by molar-refractivity contribution is 5.98. The van der Waals surface area contributed by atoms with Gasteiger partial charge in [-0.3, -0.25) is 4.79 Å². The zero-order chi connectivity index (χ0) is 20.2. The van der Waals surface area contributed by atoms with Gasteiger partial charge < -0.3 is 14.5 Å². The van der Waals surface area contributed by atoms with E-state index in [4.69, 9.17) is 4.74 Å². The lowest BCUT2D eigenvalue weighted by atomic mass is 10.1. The first-order valence-electron chi connectivity index (χ1n) is 9.68. The van der Waals surface area contributed by atoms with Crippen LogP contribution in [-0.4, -0.2) is 59.5 Å². The Labute approximate surface area is 168 Å². The lowest BCUT2D eigenvalue weighted by Gasteiger charge is -2.34. The second-order valence-electron chi connectivity index (χ2n) is 6.83. The molecule has 0 spiro atoms. The molecule has 4 rings (SSSR count). The van der Waals surface area contributed by atoms with E-state index in [2.05, 4.69) is 9.97 Å². The van der Waals surface area contributed by atoms with E-state index >= 15 is 0 Å². The normalized spacial score (nSPS) is 14.1. The third-order valence-electron chi connectivity index (χ3n) is 5.00. The van der Waals surface area contributed by atoms with E-state index in [1.54, 1.807) is 6.92 Å². The van der Waals surface area contributed by atoms with Crippen LogP contribution < -0.4 is 4.90 Å². The zero-order valence-electron chi connectivity index (χ0n) is 16.2. The first-order chi connectivity index (χ1) is 14.2. The van der Waals surface area contributed by atoms with Crippen molar-refractivity contribution in [1.29, 1.82) is 0 Å². The number of carbonyl (C=O) groups is 2. The van der Waals surface area contributed by atoms with Gasteiger partial charge in [-0.25, -0.2) is 14.8 Å². The molecule has 0 saturated carbocycles. The molecule has 2 aromatic carbocycles. The molecule has 0 N–H and O–H groups in total. The first-order valence-corrected chi connectivity index (χ1v) is 9.68. The van der Waals surface area contributed by atoms with Gasteiger partial charge in [0.05, 0.1) is 12.2 Å². The summed E-state index contributed by atoms with van der Waals surface area (Å²) >= 11 is 0. The zero-order valence-corrected chi connectivity index (χ0v) is 16.2. The van der Waals surface area contributed by atoms with Crippen molar-refractivity contribution in [2.45, 2.75) is 6.92 Å². The fourth-order valence-corrected chi connectivity index (χ4v) is 3.42. The number of amides is 1. The van der Waals surface area contributed by atoms with Crippen molar-refractivity contribution in [3.63, 3.8) is 0 Å². The van der Waals surface area contributed by atoms with Gasteiger partial charge in [-0.2, -0.15) is 0 Å². The molecule has 0 radical (unpaired) electrons. The van der Waals surface area contributed by atoms with Gasteiger partial charge in [-0.1, -0.05) is 30.3 Å². The van der Waals surface area contributed by atoms with E-state index in [-0.39, 0.29) is 5.91 Å². The Kier molecular flexibility index (Phi) is 5.37. The van der Waals surface area contributed by atoms with Crippen molar-refractivity contribution < 1.29 is 14.3 Å². The highest BCUT2D eigenvalue weighted by Gasteiger charge is 2.24. The van der Waals surface area contributed by atoms with Gasteiger partial charge in [-0.15, -0.1) is 0 Å². The van der Waals surface area contributed by atoms with Crippen LogP contribution in [0, 0.1) is 0 Å². The van der Waals surface area contributed by atoms with Gasteiger partial charge in [0.25, 0.3) is 5.91 Å². The summed E-state index contributed by atoms with van der Waals surface area (Å²) < 4.78 is 4.95. The second-order valence-corrected chi connectivity index (χ2v) is 6.83. The van der Waals surface area contributed by atoms with Gasteiger partial charge in [0.2, 0.25) is 5.95 Å². The van der Waals surface area contributed by atoms with E-state index in [0.717, 1.165) is 10.8 Å². The minimum Gasteiger partial charge on any atom is -0.462 e. The molecule has 1 fully saturated rings. The van der Waals surface area contributed by atoms with Crippen LogP contribution in [0.1, 0.15) is 27.6 Å². The lowest BCUT2D eigenvalue weighted by molar-refractivity contribution is 0.0525. The summed E-state index contributed by atoms with van der Waals surface area (Å²) in [5, 5.41) is 2.18. The number of carbonyl (C=O) groups excluding carboxylic acids is 2. The summed E-state index contributed by atoms with van der Waals surface area (Å²) in [6, 6.07) is 13.8. The fraction of sp³-hybridized carbons (Fsp3) is 0.273. The number of rotatable bonds is 4. The second kappa shape index (κ2) is 8.26. The van der Waals surface area contributed by atoms with Crippen LogP contribution in [0.5, 0.6) is 0 Å².